The minimum atomic E-state index is -3.62. The fourth-order valence-electron chi connectivity index (χ4n) is 1.87. The van der Waals surface area contributed by atoms with Crippen LogP contribution >= 0.6 is 0 Å². The van der Waals surface area contributed by atoms with E-state index in [0.29, 0.717) is 5.82 Å². The molecule has 1 aromatic rings. The molecule has 0 aliphatic carbocycles. The normalized spacial score (nSPS) is 11.6. The van der Waals surface area contributed by atoms with Gasteiger partial charge in [0.05, 0.1) is 11.0 Å². The summed E-state index contributed by atoms with van der Waals surface area (Å²) in [5.74, 6) is 0.543. The van der Waals surface area contributed by atoms with E-state index in [2.05, 4.69) is 10.3 Å². The van der Waals surface area contributed by atoms with E-state index in [1.165, 1.54) is 22.6 Å². The average Bonchev–Trinajstić information content (AvgIpc) is 2.45. The van der Waals surface area contributed by atoms with E-state index in [1.807, 2.05) is 13.0 Å². The number of pyridine rings is 1. The summed E-state index contributed by atoms with van der Waals surface area (Å²) in [6, 6.07) is 4.79. The highest BCUT2D eigenvalue weighted by Crippen LogP contribution is 2.20. The third-order valence-electron chi connectivity index (χ3n) is 2.91. The van der Waals surface area contributed by atoms with Crippen molar-refractivity contribution in [2.24, 2.45) is 0 Å². The van der Waals surface area contributed by atoms with E-state index >= 15 is 0 Å². The van der Waals surface area contributed by atoms with Gasteiger partial charge < -0.3 is 5.32 Å². The Kier molecular flexibility index (Phi) is 6.59. The number of hydrogen-bond donors (Lipinski definition) is 1. The minimum Gasteiger partial charge on any atom is -0.370 e. The topological polar surface area (TPSA) is 86.1 Å². The van der Waals surface area contributed by atoms with Gasteiger partial charge in [0.15, 0.2) is 0 Å². The maximum absolute atomic E-state index is 12.7. The van der Waals surface area contributed by atoms with Crippen molar-refractivity contribution in [3.63, 3.8) is 0 Å². The van der Waals surface area contributed by atoms with E-state index in [9.17, 15) is 8.42 Å². The van der Waals surface area contributed by atoms with Crippen LogP contribution in [0, 0.1) is 11.3 Å². The Morgan fingerprint density at radius 3 is 2.76 bits per heavy atom. The molecule has 1 aromatic heterocycles. The van der Waals surface area contributed by atoms with Gasteiger partial charge in [-0.05, 0) is 26.3 Å². The zero-order chi connectivity index (χ0) is 15.9. The fourth-order valence-corrected chi connectivity index (χ4v) is 3.52. The Hall–Kier alpha value is -1.65. The van der Waals surface area contributed by atoms with E-state index in [1.54, 1.807) is 13.8 Å². The lowest BCUT2D eigenvalue weighted by Gasteiger charge is -2.25. The van der Waals surface area contributed by atoms with Crippen LogP contribution in [-0.4, -0.2) is 36.8 Å². The molecular formula is C14H22N4O2S. The van der Waals surface area contributed by atoms with Crippen molar-refractivity contribution < 1.29 is 8.42 Å². The predicted molar refractivity (Wildman–Crippen MR) is 82.3 cm³/mol. The summed E-state index contributed by atoms with van der Waals surface area (Å²) in [5.41, 5.74) is 0. The van der Waals surface area contributed by atoms with E-state index in [0.717, 1.165) is 13.0 Å². The molecular weight excluding hydrogens is 288 g/mol. The fraction of sp³-hybridized carbons (Fsp3) is 0.571. The number of nitrogens with zero attached hydrogens (tertiary/aromatic N) is 3. The van der Waals surface area contributed by atoms with Gasteiger partial charge in [0.1, 0.15) is 5.82 Å². The summed E-state index contributed by atoms with van der Waals surface area (Å²) in [6.07, 6.45) is 2.58. The smallest absolute Gasteiger partial charge is 0.243 e. The number of aromatic nitrogens is 1. The molecule has 0 saturated carbocycles. The van der Waals surface area contributed by atoms with Crippen molar-refractivity contribution in [2.75, 3.05) is 18.4 Å². The Balaban J connectivity index is 3.07. The van der Waals surface area contributed by atoms with Crippen LogP contribution in [0.4, 0.5) is 5.82 Å². The summed E-state index contributed by atoms with van der Waals surface area (Å²) in [7, 11) is -3.62. The number of nitrogens with one attached hydrogen (secondary N) is 1. The molecule has 1 rings (SSSR count). The minimum absolute atomic E-state index is 0.170. The van der Waals surface area contributed by atoms with Gasteiger partial charge in [-0.3, -0.25) is 0 Å². The molecule has 0 radical (unpaired) electrons. The molecule has 116 valence electrons. The van der Waals surface area contributed by atoms with Gasteiger partial charge in [0, 0.05) is 37.8 Å². The first-order valence-corrected chi connectivity index (χ1v) is 8.46. The lowest BCUT2D eigenvalue weighted by atomic mass is 10.3. The highest BCUT2D eigenvalue weighted by atomic mass is 32.2. The molecule has 21 heavy (non-hydrogen) atoms. The van der Waals surface area contributed by atoms with Crippen LogP contribution < -0.4 is 5.32 Å². The summed E-state index contributed by atoms with van der Waals surface area (Å²) in [6.45, 7) is 6.55. The van der Waals surface area contributed by atoms with Crippen molar-refractivity contribution in [2.45, 2.75) is 44.6 Å². The van der Waals surface area contributed by atoms with Gasteiger partial charge >= 0.3 is 0 Å². The number of rotatable bonds is 8. The van der Waals surface area contributed by atoms with Gasteiger partial charge in [-0.2, -0.15) is 9.57 Å². The third kappa shape index (κ3) is 4.69. The quantitative estimate of drug-likeness (QED) is 0.795. The number of nitriles is 1. The summed E-state index contributed by atoms with van der Waals surface area (Å²) < 4.78 is 26.7. The molecule has 0 aliphatic rings. The van der Waals surface area contributed by atoms with Crippen LogP contribution in [-0.2, 0) is 10.0 Å². The zero-order valence-corrected chi connectivity index (χ0v) is 13.5. The average molecular weight is 310 g/mol. The first kappa shape index (κ1) is 17.4. The van der Waals surface area contributed by atoms with Crippen LogP contribution in [0.1, 0.15) is 33.6 Å². The molecule has 1 N–H and O–H groups in total. The number of sulfonamides is 1. The summed E-state index contributed by atoms with van der Waals surface area (Å²) in [4.78, 5) is 4.31. The van der Waals surface area contributed by atoms with Gasteiger partial charge in [0.2, 0.25) is 10.0 Å². The van der Waals surface area contributed by atoms with Crippen LogP contribution in [0.15, 0.2) is 23.2 Å². The first-order chi connectivity index (χ1) is 9.93. The highest BCUT2D eigenvalue weighted by Gasteiger charge is 2.26. The lowest BCUT2D eigenvalue weighted by Crippen LogP contribution is -2.37. The molecule has 0 amide bonds. The second-order valence-corrected chi connectivity index (χ2v) is 6.81. The van der Waals surface area contributed by atoms with E-state index < -0.39 is 10.0 Å². The maximum Gasteiger partial charge on any atom is 0.243 e. The lowest BCUT2D eigenvalue weighted by molar-refractivity contribution is 0.360. The summed E-state index contributed by atoms with van der Waals surface area (Å²) in [5, 5.41) is 11.8. The van der Waals surface area contributed by atoms with Crippen LogP contribution in [0.5, 0.6) is 0 Å². The SMILES string of the molecule is CCCNc1cc(S(=O)(=O)N(CCC#N)C(C)C)ccn1. The largest absolute Gasteiger partial charge is 0.370 e. The molecule has 0 fully saturated rings. The Morgan fingerprint density at radius 2 is 2.19 bits per heavy atom. The van der Waals surface area contributed by atoms with Crippen molar-refractivity contribution in [1.29, 1.82) is 5.26 Å². The molecule has 1 heterocycles. The van der Waals surface area contributed by atoms with Crippen LogP contribution in [0.25, 0.3) is 0 Å². The molecule has 0 spiro atoms. The van der Waals surface area contributed by atoms with Crippen molar-refractivity contribution >= 4 is 15.8 Å². The van der Waals surface area contributed by atoms with Gasteiger partial charge in [-0.1, -0.05) is 6.92 Å². The first-order valence-electron chi connectivity index (χ1n) is 7.02. The predicted octanol–water partition coefficient (Wildman–Crippen LogP) is 2.22. The molecule has 6 nitrogen and oxygen atoms in total. The second-order valence-electron chi connectivity index (χ2n) is 4.92. The van der Waals surface area contributed by atoms with Crippen molar-refractivity contribution in [3.05, 3.63) is 18.3 Å². The number of anilines is 1. The molecule has 0 saturated heterocycles. The van der Waals surface area contributed by atoms with Gasteiger partial charge in [-0.25, -0.2) is 13.4 Å². The summed E-state index contributed by atoms with van der Waals surface area (Å²) >= 11 is 0. The molecule has 0 atom stereocenters. The molecule has 0 aliphatic heterocycles. The van der Waals surface area contributed by atoms with E-state index in [4.69, 9.17) is 5.26 Å². The molecule has 7 heteroatoms. The van der Waals surface area contributed by atoms with Gasteiger partial charge in [0.25, 0.3) is 0 Å². The Labute approximate surface area is 126 Å². The van der Waals surface area contributed by atoms with Gasteiger partial charge in [-0.15, -0.1) is 0 Å². The van der Waals surface area contributed by atoms with Crippen LogP contribution in [0.3, 0.4) is 0 Å². The van der Waals surface area contributed by atoms with E-state index in [-0.39, 0.29) is 23.9 Å². The zero-order valence-electron chi connectivity index (χ0n) is 12.7. The van der Waals surface area contributed by atoms with Crippen molar-refractivity contribution in [3.8, 4) is 6.07 Å². The monoisotopic (exact) mass is 310 g/mol. The maximum atomic E-state index is 12.7. The standard InChI is InChI=1S/C14H22N4O2S/c1-4-8-16-14-11-13(6-9-17-14)21(19,20)18(12(2)3)10-5-7-15/h6,9,11-12H,4-5,8,10H2,1-3H3,(H,16,17). The Bertz CT molecular complexity index is 593. The number of hydrogen-bond acceptors (Lipinski definition) is 5. The molecule has 0 bridgehead atoms. The van der Waals surface area contributed by atoms with Crippen LogP contribution in [0.2, 0.25) is 0 Å². The van der Waals surface area contributed by atoms with Crippen molar-refractivity contribution in [1.82, 2.24) is 9.29 Å². The third-order valence-corrected chi connectivity index (χ3v) is 4.99. The highest BCUT2D eigenvalue weighted by molar-refractivity contribution is 7.89. The Morgan fingerprint density at radius 1 is 1.48 bits per heavy atom. The molecule has 0 unspecified atom stereocenters. The molecule has 0 aromatic carbocycles. The second kappa shape index (κ2) is 7.96.